The molecule has 8 nitrogen and oxygen atoms in total. The van der Waals surface area contributed by atoms with E-state index in [0.717, 1.165) is 12.1 Å². The zero-order valence-electron chi connectivity index (χ0n) is 12.8. The lowest BCUT2D eigenvalue weighted by Gasteiger charge is -2.34. The van der Waals surface area contributed by atoms with Gasteiger partial charge in [-0.1, -0.05) is 12.1 Å². The lowest BCUT2D eigenvalue weighted by atomic mass is 9.72. The number of carbonyl (C=O) groups is 2. The molecule has 1 aromatic carbocycles. The minimum Gasteiger partial charge on any atom is -0.480 e. The number of rotatable bonds is 1. The Hall–Kier alpha value is -3.20. The Kier molecular flexibility index (Phi) is 3.89. The summed E-state index contributed by atoms with van der Waals surface area (Å²) in [6.07, 6.45) is -7.27. The number of benzene rings is 1. The van der Waals surface area contributed by atoms with Crippen molar-refractivity contribution in [3.8, 4) is 11.9 Å². The van der Waals surface area contributed by atoms with E-state index in [1.807, 2.05) is 0 Å². The minimum atomic E-state index is -5.53. The van der Waals surface area contributed by atoms with Crippen molar-refractivity contribution in [1.82, 2.24) is 4.57 Å². The second kappa shape index (κ2) is 5.65. The van der Waals surface area contributed by atoms with Crippen LogP contribution in [-0.4, -0.2) is 33.0 Å². The molecule has 1 atom stereocenters. The van der Waals surface area contributed by atoms with Crippen molar-refractivity contribution < 1.29 is 37.7 Å². The zero-order chi connectivity index (χ0) is 20.3. The first-order chi connectivity index (χ1) is 12.5. The molecule has 0 fully saturated rings. The fraction of sp³-hybridized carbons (Fsp3) is 0.133. The lowest BCUT2D eigenvalue weighted by Crippen LogP contribution is -2.53. The molecule has 0 radical (unpaired) electrons. The van der Waals surface area contributed by atoms with Gasteiger partial charge in [-0.15, -0.1) is 0 Å². The highest BCUT2D eigenvalue weighted by atomic mass is 79.9. The van der Waals surface area contributed by atoms with Crippen LogP contribution in [0.5, 0.6) is 5.88 Å². The van der Waals surface area contributed by atoms with Gasteiger partial charge in [0.25, 0.3) is 0 Å². The molecule has 0 spiro atoms. The normalized spacial score (nSPS) is 19.4. The van der Waals surface area contributed by atoms with Crippen molar-refractivity contribution in [2.24, 2.45) is 5.73 Å². The summed E-state index contributed by atoms with van der Waals surface area (Å²) in [6, 6.07) is 4.89. The van der Waals surface area contributed by atoms with Crippen molar-refractivity contribution in [3.63, 3.8) is 0 Å². The Labute approximate surface area is 156 Å². The molecule has 1 aliphatic heterocycles. The van der Waals surface area contributed by atoms with Crippen molar-refractivity contribution in [2.75, 3.05) is 0 Å². The number of aliphatic carboxylic acids is 1. The van der Waals surface area contributed by atoms with Gasteiger partial charge >= 0.3 is 18.2 Å². The number of alkyl halides is 3. The van der Waals surface area contributed by atoms with Gasteiger partial charge in [0.15, 0.2) is 0 Å². The third-order valence-corrected chi connectivity index (χ3v) is 4.79. The fourth-order valence-electron chi connectivity index (χ4n) is 3.14. The third-order valence-electron chi connectivity index (χ3n) is 4.15. The number of halogens is 4. The molecule has 0 saturated heterocycles. The standard InChI is InChI=1S/C15H7BrF3N3O5/c16-7-3-1-2-5-8-11(22(9(5)7)13(25)26)27-10(21)6(4-20)14(8,12(23)24)15(17,18)19/h1-3H,21H2,(H,23,24)(H,25,26). The van der Waals surface area contributed by atoms with Crippen LogP contribution in [0.1, 0.15) is 5.56 Å². The van der Waals surface area contributed by atoms with E-state index in [4.69, 9.17) is 10.5 Å². The Morgan fingerprint density at radius 1 is 1.33 bits per heavy atom. The molecule has 1 aliphatic rings. The van der Waals surface area contributed by atoms with Crippen LogP contribution in [0.3, 0.4) is 0 Å². The van der Waals surface area contributed by atoms with Gasteiger partial charge < -0.3 is 20.7 Å². The number of hydrogen-bond acceptors (Lipinski definition) is 5. The average molecular weight is 446 g/mol. The highest BCUT2D eigenvalue weighted by molar-refractivity contribution is 9.10. The molecule has 3 rings (SSSR count). The lowest BCUT2D eigenvalue weighted by molar-refractivity contribution is -0.197. The summed E-state index contributed by atoms with van der Waals surface area (Å²) in [5.41, 5.74) is -1.21. The van der Waals surface area contributed by atoms with Crippen molar-refractivity contribution >= 4 is 38.9 Å². The molecule has 0 aliphatic carbocycles. The second-order valence-electron chi connectivity index (χ2n) is 5.44. The summed E-state index contributed by atoms with van der Waals surface area (Å²) >= 11 is 3.04. The van der Waals surface area contributed by atoms with Gasteiger partial charge in [0.2, 0.25) is 17.2 Å². The van der Waals surface area contributed by atoms with Crippen LogP contribution in [-0.2, 0) is 10.2 Å². The van der Waals surface area contributed by atoms with E-state index in [9.17, 15) is 38.2 Å². The molecule has 1 unspecified atom stereocenters. The highest BCUT2D eigenvalue weighted by Crippen LogP contribution is 2.56. The van der Waals surface area contributed by atoms with Gasteiger partial charge in [0.05, 0.1) is 11.1 Å². The molecule has 0 amide bonds. The zero-order valence-corrected chi connectivity index (χ0v) is 14.4. The molecule has 140 valence electrons. The number of nitriles is 1. The van der Waals surface area contributed by atoms with E-state index in [2.05, 4.69) is 15.9 Å². The first-order valence-electron chi connectivity index (χ1n) is 6.95. The van der Waals surface area contributed by atoms with Crippen molar-refractivity contribution in [2.45, 2.75) is 11.6 Å². The van der Waals surface area contributed by atoms with E-state index < -0.39 is 46.6 Å². The van der Waals surface area contributed by atoms with Crippen LogP contribution >= 0.6 is 15.9 Å². The number of ether oxygens (including phenoxy) is 1. The van der Waals surface area contributed by atoms with Crippen molar-refractivity contribution in [3.05, 3.63) is 39.7 Å². The summed E-state index contributed by atoms with van der Waals surface area (Å²) in [4.78, 5) is 23.6. The van der Waals surface area contributed by atoms with E-state index in [0.29, 0.717) is 4.57 Å². The number of fused-ring (bicyclic) bond motifs is 3. The van der Waals surface area contributed by atoms with Crippen LogP contribution in [0.15, 0.2) is 34.1 Å². The van der Waals surface area contributed by atoms with Gasteiger partial charge in [0, 0.05) is 9.86 Å². The van der Waals surface area contributed by atoms with Crippen LogP contribution < -0.4 is 10.5 Å². The van der Waals surface area contributed by atoms with Gasteiger partial charge in [-0.25, -0.2) is 9.36 Å². The van der Waals surface area contributed by atoms with Crippen molar-refractivity contribution in [1.29, 1.82) is 5.26 Å². The predicted octanol–water partition coefficient (Wildman–Crippen LogP) is 2.90. The molecule has 0 bridgehead atoms. The number of carboxylic acid groups (broad SMARTS) is 2. The minimum absolute atomic E-state index is 0.0685. The number of aromatic nitrogens is 1. The number of nitrogens with two attached hydrogens (primary N) is 1. The molecule has 12 heteroatoms. The summed E-state index contributed by atoms with van der Waals surface area (Å²) in [7, 11) is 0. The van der Waals surface area contributed by atoms with E-state index in [1.54, 1.807) is 0 Å². The monoisotopic (exact) mass is 445 g/mol. The quantitative estimate of drug-likeness (QED) is 0.612. The Bertz CT molecular complexity index is 1100. The maximum atomic E-state index is 14.1. The number of para-hydroxylation sites is 1. The molecule has 27 heavy (non-hydrogen) atoms. The van der Waals surface area contributed by atoms with Gasteiger partial charge in [-0.2, -0.15) is 18.4 Å². The predicted molar refractivity (Wildman–Crippen MR) is 85.9 cm³/mol. The number of nitrogens with zero attached hydrogens (tertiary/aromatic N) is 2. The fourth-order valence-corrected chi connectivity index (χ4v) is 3.68. The molecular weight excluding hydrogens is 439 g/mol. The SMILES string of the molecule is N#CC1=C(N)Oc2c(c3cccc(Br)c3n2C(=O)O)C1(C(=O)O)C(F)(F)F. The largest absolute Gasteiger partial charge is 0.480 e. The van der Waals surface area contributed by atoms with E-state index in [1.165, 1.54) is 12.1 Å². The maximum absolute atomic E-state index is 14.1. The molecule has 1 aromatic heterocycles. The van der Waals surface area contributed by atoms with E-state index >= 15 is 0 Å². The Balaban J connectivity index is 2.69. The summed E-state index contributed by atoms with van der Waals surface area (Å²) in [5.74, 6) is -4.53. The molecular formula is C15H7BrF3N3O5. The molecule has 2 heterocycles. The van der Waals surface area contributed by atoms with Gasteiger partial charge in [-0.3, -0.25) is 4.79 Å². The third kappa shape index (κ3) is 2.15. The Morgan fingerprint density at radius 3 is 2.44 bits per heavy atom. The van der Waals surface area contributed by atoms with E-state index in [-0.39, 0.29) is 15.4 Å². The summed E-state index contributed by atoms with van der Waals surface area (Å²) < 4.78 is 47.8. The smallest absolute Gasteiger partial charge is 0.418 e. The molecule has 4 N–H and O–H groups in total. The first kappa shape index (κ1) is 18.6. The maximum Gasteiger partial charge on any atom is 0.418 e. The van der Waals surface area contributed by atoms with Gasteiger partial charge in [0.1, 0.15) is 11.6 Å². The topological polar surface area (TPSA) is 139 Å². The highest BCUT2D eigenvalue weighted by Gasteiger charge is 2.70. The number of carboxylic acids is 1. The number of hydrogen-bond donors (Lipinski definition) is 3. The van der Waals surface area contributed by atoms with Gasteiger partial charge in [-0.05, 0) is 22.0 Å². The summed E-state index contributed by atoms with van der Waals surface area (Å²) in [6.45, 7) is 0. The van der Waals surface area contributed by atoms with Crippen LogP contribution in [0.2, 0.25) is 0 Å². The Morgan fingerprint density at radius 2 is 1.96 bits per heavy atom. The second-order valence-corrected chi connectivity index (χ2v) is 6.29. The molecule has 0 saturated carbocycles. The van der Waals surface area contributed by atoms with Crippen LogP contribution in [0.25, 0.3) is 10.9 Å². The van der Waals surface area contributed by atoms with Crippen LogP contribution in [0.4, 0.5) is 18.0 Å². The average Bonchev–Trinajstić information content (AvgIpc) is 2.87. The first-order valence-corrected chi connectivity index (χ1v) is 7.74. The summed E-state index contributed by atoms with van der Waals surface area (Å²) in [5, 5.41) is 27.9. The van der Waals surface area contributed by atoms with Crippen LogP contribution in [0, 0.1) is 11.3 Å². The molecule has 2 aromatic rings.